The van der Waals surface area contributed by atoms with Crippen LogP contribution in [0.3, 0.4) is 0 Å². The number of hydrogen-bond acceptors (Lipinski definition) is 7. The number of fused-ring (bicyclic) bond motifs is 3. The number of unbranched alkanes of at least 4 members (excludes halogenated alkanes) is 3. The van der Waals surface area contributed by atoms with E-state index in [1.54, 1.807) is 7.11 Å². The Morgan fingerprint density at radius 1 is 1.12 bits per heavy atom. The lowest BCUT2D eigenvalue weighted by molar-refractivity contribution is -0.140. The average molecular weight is 502 g/mol. The molecule has 6 nitrogen and oxygen atoms in total. The number of nitrogens with zero attached hydrogens (tertiary/aromatic N) is 2. The molecule has 0 saturated carbocycles. The quantitative estimate of drug-likeness (QED) is 0.238. The summed E-state index contributed by atoms with van der Waals surface area (Å²) in [5.74, 6) is 2.35. The molecule has 0 aliphatic heterocycles. The van der Waals surface area contributed by atoms with E-state index in [4.69, 9.17) is 31.0 Å². The average Bonchev–Trinajstić information content (AvgIpc) is 3.23. The van der Waals surface area contributed by atoms with E-state index >= 15 is 0 Å². The fourth-order valence-corrected chi connectivity index (χ4v) is 6.02. The molecule has 1 aromatic carbocycles. The van der Waals surface area contributed by atoms with E-state index in [1.165, 1.54) is 35.8 Å². The third-order valence-corrected chi connectivity index (χ3v) is 7.78. The SMILES string of the molecule is COC(=O)CCCCCCc1nc(NCc2ccc(OC)c(Cl)c2)c2c3c(sc2n1)CCCC3. The highest BCUT2D eigenvalue weighted by Crippen LogP contribution is 2.39. The molecular formula is C26H32ClN3O3S. The van der Waals surface area contributed by atoms with Crippen LogP contribution in [0.15, 0.2) is 18.2 Å². The first-order valence-corrected chi connectivity index (χ1v) is 13.2. The second-order valence-corrected chi connectivity index (χ2v) is 10.2. The zero-order valence-corrected chi connectivity index (χ0v) is 21.5. The van der Waals surface area contributed by atoms with Crippen LogP contribution in [0.5, 0.6) is 5.75 Å². The zero-order valence-electron chi connectivity index (χ0n) is 19.9. The second-order valence-electron chi connectivity index (χ2n) is 8.69. The lowest BCUT2D eigenvalue weighted by atomic mass is 9.97. The van der Waals surface area contributed by atoms with Crippen molar-refractivity contribution in [3.8, 4) is 5.75 Å². The molecule has 0 bridgehead atoms. The Kier molecular flexibility index (Phi) is 8.62. The number of carbonyl (C=O) groups is 1. The number of thiophene rings is 1. The summed E-state index contributed by atoms with van der Waals surface area (Å²) in [5.41, 5.74) is 2.50. The Morgan fingerprint density at radius 2 is 1.94 bits per heavy atom. The molecule has 0 unspecified atom stereocenters. The van der Waals surface area contributed by atoms with E-state index in [2.05, 4.69) is 5.32 Å². The van der Waals surface area contributed by atoms with E-state index in [-0.39, 0.29) is 5.97 Å². The van der Waals surface area contributed by atoms with Crippen LogP contribution in [0.1, 0.15) is 66.8 Å². The first-order chi connectivity index (χ1) is 16.6. The van der Waals surface area contributed by atoms with Crippen molar-refractivity contribution in [1.82, 2.24) is 9.97 Å². The first-order valence-electron chi connectivity index (χ1n) is 12.0. The van der Waals surface area contributed by atoms with Crippen LogP contribution in [0.4, 0.5) is 5.82 Å². The topological polar surface area (TPSA) is 73.3 Å². The van der Waals surface area contributed by atoms with Crippen molar-refractivity contribution in [2.75, 3.05) is 19.5 Å². The molecule has 3 aromatic rings. The van der Waals surface area contributed by atoms with Gasteiger partial charge in [-0.15, -0.1) is 11.3 Å². The molecule has 0 amide bonds. The Morgan fingerprint density at radius 3 is 2.74 bits per heavy atom. The number of halogens is 1. The summed E-state index contributed by atoms with van der Waals surface area (Å²) in [5, 5.41) is 5.38. The van der Waals surface area contributed by atoms with Gasteiger partial charge < -0.3 is 14.8 Å². The van der Waals surface area contributed by atoms with Gasteiger partial charge in [-0.2, -0.15) is 0 Å². The first kappa shape index (κ1) is 24.7. The lowest BCUT2D eigenvalue weighted by Crippen LogP contribution is -2.07. The summed E-state index contributed by atoms with van der Waals surface area (Å²) in [6.07, 6.45) is 9.95. The largest absolute Gasteiger partial charge is 0.495 e. The van der Waals surface area contributed by atoms with Crippen molar-refractivity contribution in [2.45, 2.75) is 70.8 Å². The van der Waals surface area contributed by atoms with Gasteiger partial charge in [0.15, 0.2) is 0 Å². The third kappa shape index (κ3) is 5.99. The molecule has 0 atom stereocenters. The summed E-state index contributed by atoms with van der Waals surface area (Å²) in [6.45, 7) is 0.632. The van der Waals surface area contributed by atoms with Crippen LogP contribution in [0.25, 0.3) is 10.2 Å². The molecule has 4 rings (SSSR count). The second kappa shape index (κ2) is 11.8. The molecule has 2 aromatic heterocycles. The predicted molar refractivity (Wildman–Crippen MR) is 138 cm³/mol. The molecular weight excluding hydrogens is 470 g/mol. The van der Waals surface area contributed by atoms with Crippen molar-refractivity contribution in [3.05, 3.63) is 45.1 Å². The Bertz CT molecular complexity index is 1150. The Hall–Kier alpha value is -2.38. The number of nitrogens with one attached hydrogen (secondary N) is 1. The number of aryl methyl sites for hydroxylation is 3. The summed E-state index contributed by atoms with van der Waals surface area (Å²) in [6, 6.07) is 5.85. The molecule has 1 N–H and O–H groups in total. The van der Waals surface area contributed by atoms with Crippen molar-refractivity contribution in [2.24, 2.45) is 0 Å². The van der Waals surface area contributed by atoms with Gasteiger partial charge in [-0.25, -0.2) is 9.97 Å². The smallest absolute Gasteiger partial charge is 0.305 e. The van der Waals surface area contributed by atoms with Crippen molar-refractivity contribution >= 4 is 44.9 Å². The van der Waals surface area contributed by atoms with E-state index in [0.29, 0.717) is 23.7 Å². The summed E-state index contributed by atoms with van der Waals surface area (Å²) in [7, 11) is 3.06. The number of rotatable bonds is 11. The van der Waals surface area contributed by atoms with Gasteiger partial charge in [0, 0.05) is 24.3 Å². The lowest BCUT2D eigenvalue weighted by Gasteiger charge is -2.14. The number of aromatic nitrogens is 2. The van der Waals surface area contributed by atoms with Crippen LogP contribution in [0, 0.1) is 0 Å². The number of ether oxygens (including phenoxy) is 2. The van der Waals surface area contributed by atoms with Crippen LogP contribution in [-0.2, 0) is 35.3 Å². The van der Waals surface area contributed by atoms with Gasteiger partial charge >= 0.3 is 5.97 Å². The van der Waals surface area contributed by atoms with Crippen molar-refractivity contribution in [1.29, 1.82) is 0 Å². The molecule has 0 spiro atoms. The number of carbonyl (C=O) groups excluding carboxylic acids is 1. The van der Waals surface area contributed by atoms with Gasteiger partial charge in [-0.3, -0.25) is 4.79 Å². The van der Waals surface area contributed by atoms with E-state index in [1.807, 2.05) is 29.5 Å². The highest BCUT2D eigenvalue weighted by atomic mass is 35.5. The van der Waals surface area contributed by atoms with E-state index < -0.39 is 0 Å². The standard InChI is InChI=1S/C26H32ClN3O3S/c1-32-20-14-13-17(15-19(20)27)16-28-25-24-18-9-7-8-10-21(18)34-26(24)30-22(29-25)11-5-3-4-6-12-23(31)33-2/h13-15H,3-12,16H2,1-2H3,(H,28,29,30). The number of anilines is 1. The highest BCUT2D eigenvalue weighted by molar-refractivity contribution is 7.19. The van der Waals surface area contributed by atoms with Crippen molar-refractivity contribution < 1.29 is 14.3 Å². The fraction of sp³-hybridized carbons (Fsp3) is 0.500. The number of hydrogen-bond donors (Lipinski definition) is 1. The van der Waals surface area contributed by atoms with Crippen LogP contribution >= 0.6 is 22.9 Å². The Labute approximate surface area is 210 Å². The van der Waals surface area contributed by atoms with Crippen LogP contribution in [-0.4, -0.2) is 30.2 Å². The minimum Gasteiger partial charge on any atom is -0.495 e. The molecule has 8 heteroatoms. The van der Waals surface area contributed by atoms with Gasteiger partial charge in [-0.1, -0.05) is 30.5 Å². The minimum atomic E-state index is -0.135. The monoisotopic (exact) mass is 501 g/mol. The normalized spacial score (nSPS) is 13.0. The molecule has 34 heavy (non-hydrogen) atoms. The molecule has 0 fully saturated rings. The predicted octanol–water partition coefficient (Wildman–Crippen LogP) is 6.51. The highest BCUT2D eigenvalue weighted by Gasteiger charge is 2.21. The molecule has 182 valence electrons. The maximum Gasteiger partial charge on any atom is 0.305 e. The molecule has 2 heterocycles. The maximum atomic E-state index is 11.3. The van der Waals surface area contributed by atoms with E-state index in [9.17, 15) is 4.79 Å². The number of benzene rings is 1. The van der Waals surface area contributed by atoms with Crippen LogP contribution in [0.2, 0.25) is 5.02 Å². The number of methoxy groups -OCH3 is 2. The number of esters is 1. The van der Waals surface area contributed by atoms with Gasteiger partial charge in [0.05, 0.1) is 24.6 Å². The van der Waals surface area contributed by atoms with Gasteiger partial charge in [-0.05, 0) is 61.8 Å². The summed E-state index contributed by atoms with van der Waals surface area (Å²) < 4.78 is 9.98. The fourth-order valence-electron chi connectivity index (χ4n) is 4.46. The molecule has 1 aliphatic carbocycles. The molecule has 1 aliphatic rings. The van der Waals surface area contributed by atoms with Gasteiger partial charge in [0.2, 0.25) is 0 Å². The molecule has 0 radical (unpaired) electrons. The van der Waals surface area contributed by atoms with Gasteiger partial charge in [0.1, 0.15) is 22.2 Å². The minimum absolute atomic E-state index is 0.135. The zero-order chi connectivity index (χ0) is 23.9. The molecule has 0 saturated heterocycles. The van der Waals surface area contributed by atoms with E-state index in [0.717, 1.165) is 67.0 Å². The third-order valence-electron chi connectivity index (χ3n) is 6.30. The van der Waals surface area contributed by atoms with Crippen molar-refractivity contribution in [3.63, 3.8) is 0 Å². The van der Waals surface area contributed by atoms with Crippen LogP contribution < -0.4 is 10.1 Å². The Balaban J connectivity index is 1.48. The summed E-state index contributed by atoms with van der Waals surface area (Å²) >= 11 is 8.16. The van der Waals surface area contributed by atoms with Gasteiger partial charge in [0.25, 0.3) is 0 Å². The summed E-state index contributed by atoms with van der Waals surface area (Å²) in [4.78, 5) is 23.7. The maximum absolute atomic E-state index is 11.3.